The fourth-order valence-electron chi connectivity index (χ4n) is 3.47. The van der Waals surface area contributed by atoms with E-state index in [1.54, 1.807) is 0 Å². The fourth-order valence-corrected chi connectivity index (χ4v) is 3.47. The number of ketones is 1. The molecule has 3 nitrogen and oxygen atoms in total. The summed E-state index contributed by atoms with van der Waals surface area (Å²) in [6.07, 6.45) is 12.5. The Bertz CT molecular complexity index is 409. The average molecular weight is 292 g/mol. The first kappa shape index (κ1) is 16.3. The molecule has 1 atom stereocenters. The molecule has 1 aliphatic heterocycles. The minimum Gasteiger partial charge on any atom is -0.431 e. The van der Waals surface area contributed by atoms with Gasteiger partial charge >= 0.3 is 5.97 Å². The summed E-state index contributed by atoms with van der Waals surface area (Å²) in [6.45, 7) is 2.23. The number of ether oxygens (including phenoxy) is 1. The summed E-state index contributed by atoms with van der Waals surface area (Å²) < 4.78 is 5.28. The second kappa shape index (κ2) is 8.35. The number of hydrogen-bond acceptors (Lipinski definition) is 3. The van der Waals surface area contributed by atoms with Crippen molar-refractivity contribution in [3.05, 3.63) is 11.3 Å². The quantitative estimate of drug-likeness (QED) is 0.481. The zero-order chi connectivity index (χ0) is 15.1. The first-order valence-electron chi connectivity index (χ1n) is 8.69. The molecule has 0 radical (unpaired) electrons. The molecule has 21 heavy (non-hydrogen) atoms. The van der Waals surface area contributed by atoms with Crippen molar-refractivity contribution < 1.29 is 14.3 Å². The molecular weight excluding hydrogens is 264 g/mol. The lowest BCUT2D eigenvalue weighted by atomic mass is 9.81. The first-order chi connectivity index (χ1) is 10.2. The lowest BCUT2D eigenvalue weighted by Gasteiger charge is -2.29. The van der Waals surface area contributed by atoms with Gasteiger partial charge in [-0.3, -0.25) is 9.59 Å². The number of unbranched alkanes of at least 4 members (excludes halogenated alkanes) is 6. The monoisotopic (exact) mass is 292 g/mol. The lowest BCUT2D eigenvalue weighted by Crippen LogP contribution is -2.28. The Labute approximate surface area is 128 Å². The number of hydrogen-bond donors (Lipinski definition) is 0. The van der Waals surface area contributed by atoms with Gasteiger partial charge in [0.15, 0.2) is 5.78 Å². The topological polar surface area (TPSA) is 43.4 Å². The Balaban J connectivity index is 1.78. The van der Waals surface area contributed by atoms with Crippen molar-refractivity contribution in [2.24, 2.45) is 5.92 Å². The maximum atomic E-state index is 12.1. The predicted molar refractivity (Wildman–Crippen MR) is 82.7 cm³/mol. The van der Waals surface area contributed by atoms with Crippen LogP contribution in [0, 0.1) is 5.92 Å². The summed E-state index contributed by atoms with van der Waals surface area (Å²) in [4.78, 5) is 23.8. The van der Waals surface area contributed by atoms with Gasteiger partial charge < -0.3 is 4.74 Å². The van der Waals surface area contributed by atoms with Crippen molar-refractivity contribution in [3.63, 3.8) is 0 Å². The molecule has 118 valence electrons. The Morgan fingerprint density at radius 3 is 2.48 bits per heavy atom. The van der Waals surface area contributed by atoms with Gasteiger partial charge in [0.05, 0.1) is 6.42 Å². The van der Waals surface area contributed by atoms with Crippen LogP contribution >= 0.6 is 0 Å². The van der Waals surface area contributed by atoms with Crippen LogP contribution in [0.5, 0.6) is 0 Å². The molecule has 0 aromatic carbocycles. The van der Waals surface area contributed by atoms with E-state index in [1.807, 2.05) is 0 Å². The molecule has 0 saturated carbocycles. The molecular formula is C18H28O3. The van der Waals surface area contributed by atoms with Crippen LogP contribution < -0.4 is 0 Å². The lowest BCUT2D eigenvalue weighted by molar-refractivity contribution is -0.143. The van der Waals surface area contributed by atoms with Crippen LogP contribution in [0.1, 0.15) is 84.0 Å². The van der Waals surface area contributed by atoms with Crippen molar-refractivity contribution in [1.29, 1.82) is 0 Å². The molecule has 1 heterocycles. The smallest absolute Gasteiger partial charge is 0.311 e. The molecule has 0 fully saturated rings. The molecule has 0 aromatic rings. The maximum absolute atomic E-state index is 12.1. The molecule has 0 bridgehead atoms. The van der Waals surface area contributed by atoms with Gasteiger partial charge in [0.1, 0.15) is 5.76 Å². The molecule has 0 spiro atoms. The number of Topliss-reactive ketones (excluding diaryl/α,β-unsaturated/α-hetero) is 1. The van der Waals surface area contributed by atoms with Crippen LogP contribution in [-0.4, -0.2) is 11.8 Å². The van der Waals surface area contributed by atoms with Crippen molar-refractivity contribution in [3.8, 4) is 0 Å². The standard InChI is InChI=1S/C18H28O3/c1-2-3-4-5-6-7-8-10-14-13-17(20)21-16-12-9-11-15(19)18(14)16/h14H,2-13H2,1H3. The van der Waals surface area contributed by atoms with Gasteiger partial charge in [0.2, 0.25) is 0 Å². The van der Waals surface area contributed by atoms with Crippen molar-refractivity contribution in [2.45, 2.75) is 84.0 Å². The highest BCUT2D eigenvalue weighted by atomic mass is 16.5. The third-order valence-corrected chi connectivity index (χ3v) is 4.62. The van der Waals surface area contributed by atoms with Crippen LogP contribution in [0.2, 0.25) is 0 Å². The first-order valence-corrected chi connectivity index (χ1v) is 8.69. The number of esters is 1. The zero-order valence-corrected chi connectivity index (χ0v) is 13.3. The van der Waals surface area contributed by atoms with E-state index in [9.17, 15) is 9.59 Å². The van der Waals surface area contributed by atoms with Gasteiger partial charge in [-0.15, -0.1) is 0 Å². The Hall–Kier alpha value is -1.12. The summed E-state index contributed by atoms with van der Waals surface area (Å²) in [5, 5.41) is 0. The number of allylic oxidation sites excluding steroid dienone is 2. The highest BCUT2D eigenvalue weighted by molar-refractivity contribution is 5.98. The van der Waals surface area contributed by atoms with Crippen LogP contribution in [0.15, 0.2) is 11.3 Å². The molecule has 2 aliphatic rings. The number of rotatable bonds is 8. The number of carbonyl (C=O) groups excluding carboxylic acids is 2. The predicted octanol–water partition coefficient (Wildman–Crippen LogP) is 4.70. The summed E-state index contributed by atoms with van der Waals surface area (Å²) in [7, 11) is 0. The Kier molecular flexibility index (Phi) is 6.47. The summed E-state index contributed by atoms with van der Waals surface area (Å²) in [5.41, 5.74) is 0.854. The highest BCUT2D eigenvalue weighted by Crippen LogP contribution is 2.37. The molecule has 2 rings (SSSR count). The second-order valence-electron chi connectivity index (χ2n) is 6.40. The van der Waals surface area contributed by atoms with Crippen LogP contribution in [0.3, 0.4) is 0 Å². The van der Waals surface area contributed by atoms with E-state index in [1.165, 1.54) is 38.5 Å². The minimum atomic E-state index is -0.142. The molecule has 0 N–H and O–H groups in total. The van der Waals surface area contributed by atoms with E-state index in [4.69, 9.17) is 4.74 Å². The van der Waals surface area contributed by atoms with Gasteiger partial charge in [0, 0.05) is 24.3 Å². The third kappa shape index (κ3) is 4.69. The third-order valence-electron chi connectivity index (χ3n) is 4.62. The van der Waals surface area contributed by atoms with Gasteiger partial charge in [0.25, 0.3) is 0 Å². The molecule has 3 heteroatoms. The maximum Gasteiger partial charge on any atom is 0.311 e. The van der Waals surface area contributed by atoms with Crippen molar-refractivity contribution >= 4 is 11.8 Å². The summed E-state index contributed by atoms with van der Waals surface area (Å²) >= 11 is 0. The van der Waals surface area contributed by atoms with Gasteiger partial charge in [-0.1, -0.05) is 51.9 Å². The fraction of sp³-hybridized carbons (Fsp3) is 0.778. The van der Waals surface area contributed by atoms with Crippen LogP contribution in [0.4, 0.5) is 0 Å². The summed E-state index contributed by atoms with van der Waals surface area (Å²) in [5.74, 6) is 0.897. The Morgan fingerprint density at radius 1 is 1.00 bits per heavy atom. The number of carbonyl (C=O) groups is 2. The molecule has 0 saturated heterocycles. The Morgan fingerprint density at radius 2 is 1.71 bits per heavy atom. The van der Waals surface area contributed by atoms with Crippen molar-refractivity contribution in [2.75, 3.05) is 0 Å². The average Bonchev–Trinajstić information content (AvgIpc) is 2.46. The normalized spacial score (nSPS) is 22.2. The van der Waals surface area contributed by atoms with E-state index in [0.717, 1.165) is 31.3 Å². The van der Waals surface area contributed by atoms with Crippen LogP contribution in [0.25, 0.3) is 0 Å². The van der Waals surface area contributed by atoms with E-state index >= 15 is 0 Å². The molecule has 1 aliphatic carbocycles. The SMILES string of the molecule is CCCCCCCCCC1CC(=O)OC2=C1C(=O)CCC2. The van der Waals surface area contributed by atoms with Crippen molar-refractivity contribution in [1.82, 2.24) is 0 Å². The molecule has 0 aromatic heterocycles. The zero-order valence-electron chi connectivity index (χ0n) is 13.3. The molecule has 0 amide bonds. The van der Waals surface area contributed by atoms with Gasteiger partial charge in [-0.2, -0.15) is 0 Å². The van der Waals surface area contributed by atoms with E-state index in [2.05, 4.69) is 6.92 Å². The summed E-state index contributed by atoms with van der Waals surface area (Å²) in [6, 6.07) is 0. The van der Waals surface area contributed by atoms with Gasteiger partial charge in [-0.25, -0.2) is 0 Å². The second-order valence-corrected chi connectivity index (χ2v) is 6.40. The largest absolute Gasteiger partial charge is 0.431 e. The molecule has 1 unspecified atom stereocenters. The highest BCUT2D eigenvalue weighted by Gasteiger charge is 2.34. The van der Waals surface area contributed by atoms with Gasteiger partial charge in [-0.05, 0) is 12.8 Å². The van der Waals surface area contributed by atoms with E-state index in [0.29, 0.717) is 18.6 Å². The minimum absolute atomic E-state index is 0.129. The van der Waals surface area contributed by atoms with E-state index in [-0.39, 0.29) is 17.7 Å². The van der Waals surface area contributed by atoms with Crippen LogP contribution in [-0.2, 0) is 14.3 Å². The van der Waals surface area contributed by atoms with E-state index < -0.39 is 0 Å².